The Labute approximate surface area is 322 Å². The zero-order chi connectivity index (χ0) is 39.2. The van der Waals surface area contributed by atoms with Gasteiger partial charge in [-0.25, -0.2) is 4.98 Å². The van der Waals surface area contributed by atoms with Crippen LogP contribution in [0, 0.1) is 17.2 Å². The topological polar surface area (TPSA) is 105 Å². The molecular formula is C43H52F3N6O3+. The van der Waals surface area contributed by atoms with E-state index in [4.69, 9.17) is 20.2 Å². The Balaban J connectivity index is 1.17. The van der Waals surface area contributed by atoms with Gasteiger partial charge in [-0.15, -0.1) is 0 Å². The van der Waals surface area contributed by atoms with Crippen LogP contribution in [0.3, 0.4) is 0 Å². The highest BCUT2D eigenvalue weighted by Crippen LogP contribution is 2.35. The molecule has 2 aliphatic heterocycles. The number of pyridine rings is 1. The molecule has 2 N–H and O–H groups in total. The highest BCUT2D eigenvalue weighted by molar-refractivity contribution is 5.87. The number of hydrogen-bond donors (Lipinski definition) is 1. The zero-order valence-electron chi connectivity index (χ0n) is 32.0. The first kappa shape index (κ1) is 40.0. The minimum atomic E-state index is -4.37. The molecule has 0 radical (unpaired) electrons. The van der Waals surface area contributed by atoms with Gasteiger partial charge >= 0.3 is 6.18 Å². The summed E-state index contributed by atoms with van der Waals surface area (Å²) in [5.74, 6) is -0.190. The second kappa shape index (κ2) is 17.4. The molecule has 2 fully saturated rings. The normalized spacial score (nSPS) is 20.0. The smallest absolute Gasteiger partial charge is 0.416 e. The van der Waals surface area contributed by atoms with Crippen molar-refractivity contribution in [1.82, 2.24) is 9.88 Å². The lowest BCUT2D eigenvalue weighted by atomic mass is 9.87. The molecule has 0 bridgehead atoms. The number of piperidine rings is 2. The molecule has 4 aromatic rings. The quantitative estimate of drug-likeness (QED) is 0.135. The maximum absolute atomic E-state index is 13.2. The van der Waals surface area contributed by atoms with E-state index < -0.39 is 17.7 Å². The fraction of sp³-hybridized carbons (Fsp3) is 0.465. The summed E-state index contributed by atoms with van der Waals surface area (Å²) >= 11 is 0. The number of likely N-dealkylation sites (N-methyl/N-ethyl adjacent to an activating group) is 1. The lowest BCUT2D eigenvalue weighted by Crippen LogP contribution is -2.64. The van der Waals surface area contributed by atoms with Crippen LogP contribution < -0.4 is 15.4 Å². The van der Waals surface area contributed by atoms with Crippen molar-refractivity contribution in [3.63, 3.8) is 0 Å². The van der Waals surface area contributed by atoms with E-state index in [1.807, 2.05) is 30.3 Å². The predicted molar refractivity (Wildman–Crippen MR) is 207 cm³/mol. The van der Waals surface area contributed by atoms with Gasteiger partial charge in [-0.2, -0.15) is 18.4 Å². The number of alkyl halides is 3. The maximum Gasteiger partial charge on any atom is 0.416 e. The number of carbonyl (C=O) groups is 1. The third kappa shape index (κ3) is 9.95. The molecule has 3 atom stereocenters. The first-order valence-electron chi connectivity index (χ1n) is 19.3. The maximum atomic E-state index is 13.2. The number of likely N-dealkylation sites (tertiary alicyclic amines) is 1. The molecular weight excluding hydrogens is 706 g/mol. The SMILES string of the molecule is CCCCc1cc2ccccc2c(OCC[N+](C)(C)C2CC(OC3CCN(c4ccc(C(F)(F)F)cc4)CC3)N(Cc3ccc(C#N)cc3)CC2C(N)=O)n1. The number of primary amides is 1. The fourth-order valence-corrected chi connectivity index (χ4v) is 7.98. The zero-order valence-corrected chi connectivity index (χ0v) is 32.0. The van der Waals surface area contributed by atoms with Crippen LogP contribution in [0.2, 0.25) is 0 Å². The summed E-state index contributed by atoms with van der Waals surface area (Å²) in [7, 11) is 4.23. The minimum Gasteiger partial charge on any atom is -0.471 e. The van der Waals surface area contributed by atoms with Crippen LogP contribution in [-0.4, -0.2) is 85.5 Å². The van der Waals surface area contributed by atoms with E-state index in [0.717, 1.165) is 59.1 Å². The summed E-state index contributed by atoms with van der Waals surface area (Å²) in [4.78, 5) is 22.4. The second-order valence-corrected chi connectivity index (χ2v) is 15.5. The van der Waals surface area contributed by atoms with Crippen molar-refractivity contribution in [2.45, 2.75) is 76.5 Å². The van der Waals surface area contributed by atoms with Crippen molar-refractivity contribution in [3.05, 3.63) is 101 Å². The van der Waals surface area contributed by atoms with E-state index in [-0.39, 0.29) is 24.3 Å². The molecule has 1 aromatic heterocycles. The Bertz CT molecular complexity index is 1940. The van der Waals surface area contributed by atoms with Crippen molar-refractivity contribution in [2.75, 3.05) is 51.8 Å². The summed E-state index contributed by atoms with van der Waals surface area (Å²) in [6.45, 7) is 5.38. The number of nitriles is 1. The van der Waals surface area contributed by atoms with Crippen LogP contribution in [0.25, 0.3) is 10.8 Å². The number of anilines is 1. The lowest BCUT2D eigenvalue weighted by Gasteiger charge is -2.50. The number of hydrogen-bond acceptors (Lipinski definition) is 7. The number of quaternary nitrogens is 1. The Morgan fingerprint density at radius 1 is 1.04 bits per heavy atom. The van der Waals surface area contributed by atoms with Crippen molar-refractivity contribution < 1.29 is 31.9 Å². The van der Waals surface area contributed by atoms with Crippen LogP contribution in [0.4, 0.5) is 18.9 Å². The Morgan fingerprint density at radius 3 is 2.40 bits per heavy atom. The second-order valence-electron chi connectivity index (χ2n) is 15.5. The molecule has 2 saturated heterocycles. The summed E-state index contributed by atoms with van der Waals surface area (Å²) < 4.78 is 53.3. The van der Waals surface area contributed by atoms with Crippen molar-refractivity contribution >= 4 is 22.4 Å². The third-order valence-electron chi connectivity index (χ3n) is 11.3. The number of fused-ring (bicyclic) bond motifs is 1. The summed E-state index contributed by atoms with van der Waals surface area (Å²) in [6.07, 6.45) is 0.208. The van der Waals surface area contributed by atoms with Gasteiger partial charge in [0.1, 0.15) is 31.3 Å². The van der Waals surface area contributed by atoms with Crippen LogP contribution in [0.15, 0.2) is 78.9 Å². The van der Waals surface area contributed by atoms with E-state index in [1.165, 1.54) is 12.1 Å². The summed E-state index contributed by atoms with van der Waals surface area (Å²) in [5, 5.41) is 11.4. The summed E-state index contributed by atoms with van der Waals surface area (Å²) in [5.41, 5.74) is 8.83. The van der Waals surface area contributed by atoms with E-state index in [9.17, 15) is 23.2 Å². The van der Waals surface area contributed by atoms with Gasteiger partial charge in [0.25, 0.3) is 0 Å². The van der Waals surface area contributed by atoms with Crippen molar-refractivity contribution in [2.24, 2.45) is 11.7 Å². The largest absolute Gasteiger partial charge is 0.471 e. The number of nitrogens with zero attached hydrogens (tertiary/aromatic N) is 5. The van der Waals surface area contributed by atoms with E-state index >= 15 is 0 Å². The Kier molecular flexibility index (Phi) is 12.6. The van der Waals surface area contributed by atoms with Gasteiger partial charge in [0.05, 0.1) is 37.4 Å². The van der Waals surface area contributed by atoms with Crippen molar-refractivity contribution in [3.8, 4) is 11.9 Å². The molecule has 2 aliphatic rings. The molecule has 3 aromatic carbocycles. The van der Waals surface area contributed by atoms with E-state index in [1.54, 1.807) is 12.1 Å². The molecule has 292 valence electrons. The van der Waals surface area contributed by atoms with Gasteiger partial charge in [-0.3, -0.25) is 9.69 Å². The van der Waals surface area contributed by atoms with Crippen molar-refractivity contribution in [1.29, 1.82) is 5.26 Å². The van der Waals surface area contributed by atoms with Gasteiger partial charge in [0.2, 0.25) is 11.8 Å². The van der Waals surface area contributed by atoms with Crippen LogP contribution in [-0.2, 0) is 28.7 Å². The van der Waals surface area contributed by atoms with Crippen LogP contribution in [0.5, 0.6) is 5.88 Å². The molecule has 12 heteroatoms. The third-order valence-corrected chi connectivity index (χ3v) is 11.3. The molecule has 3 unspecified atom stereocenters. The number of carbonyl (C=O) groups excluding carboxylic acids is 1. The number of amides is 1. The van der Waals surface area contributed by atoms with Gasteiger partial charge in [0.15, 0.2) is 0 Å². The standard InChI is InChI=1S/C43H51F3N6O3/c1-4-5-9-34-25-32-8-6-7-10-37(32)42(49-34)54-24-23-52(2,3)39-26-40(51(29-38(39)41(48)53)28-31-13-11-30(27-47)12-14-31)55-36-19-21-50(22-20-36)35-17-15-33(16-18-35)43(44,45)46/h6-8,10-18,25,36,38-40H,4-5,9,19-24,26,28-29H2,1-3H3,(H-,48,53)/p+1. The number of halogens is 3. The number of benzene rings is 3. The van der Waals surface area contributed by atoms with E-state index in [2.05, 4.69) is 49.0 Å². The first-order chi connectivity index (χ1) is 26.3. The van der Waals surface area contributed by atoms with Gasteiger partial charge in [0, 0.05) is 49.4 Å². The Hall–Kier alpha value is -4.70. The summed E-state index contributed by atoms with van der Waals surface area (Å²) in [6, 6.07) is 25.0. The number of aryl methyl sites for hydroxylation is 1. The highest BCUT2D eigenvalue weighted by atomic mass is 19.4. The molecule has 0 spiro atoms. The monoisotopic (exact) mass is 757 g/mol. The number of aromatic nitrogens is 1. The molecule has 1 amide bonds. The fourth-order valence-electron chi connectivity index (χ4n) is 7.98. The number of nitrogens with two attached hydrogens (primary N) is 1. The van der Waals surface area contributed by atoms with E-state index in [0.29, 0.717) is 74.5 Å². The first-order valence-corrected chi connectivity index (χ1v) is 19.3. The van der Waals surface area contributed by atoms with Crippen LogP contribution in [0.1, 0.15) is 61.4 Å². The minimum absolute atomic E-state index is 0.0803. The average molecular weight is 758 g/mol. The molecule has 0 saturated carbocycles. The number of ether oxygens (including phenoxy) is 2. The van der Waals surface area contributed by atoms with Gasteiger partial charge < -0.3 is 24.6 Å². The lowest BCUT2D eigenvalue weighted by molar-refractivity contribution is -0.919. The van der Waals surface area contributed by atoms with Gasteiger partial charge in [-0.05, 0) is 85.2 Å². The predicted octanol–water partition coefficient (Wildman–Crippen LogP) is 7.31. The molecule has 9 nitrogen and oxygen atoms in total. The Morgan fingerprint density at radius 2 is 1.75 bits per heavy atom. The number of rotatable bonds is 14. The average Bonchev–Trinajstić information content (AvgIpc) is 3.17. The molecule has 0 aliphatic carbocycles. The molecule has 3 heterocycles. The molecule has 6 rings (SSSR count). The van der Waals surface area contributed by atoms with Crippen LogP contribution >= 0.6 is 0 Å². The van der Waals surface area contributed by atoms with Gasteiger partial charge in [-0.1, -0.05) is 43.7 Å². The number of unbranched alkanes of at least 4 members (excludes halogenated alkanes) is 1. The highest BCUT2D eigenvalue weighted by Gasteiger charge is 2.47. The molecule has 55 heavy (non-hydrogen) atoms.